The smallest absolute Gasteiger partial charge is 0.328 e. The molecule has 3 amide bonds. The van der Waals surface area contributed by atoms with Gasteiger partial charge in [-0.2, -0.15) is 0 Å². The van der Waals surface area contributed by atoms with Crippen molar-refractivity contribution in [3.05, 3.63) is 87.5 Å². The Morgan fingerprint density at radius 1 is 0.889 bits per heavy atom. The Balaban J connectivity index is 1.60. The molecule has 0 radical (unpaired) electrons. The van der Waals surface area contributed by atoms with Crippen LogP contribution in [0.2, 0.25) is 15.1 Å². The van der Waals surface area contributed by atoms with Crippen LogP contribution in [0.3, 0.4) is 0 Å². The van der Waals surface area contributed by atoms with Crippen molar-refractivity contribution in [2.24, 2.45) is 0 Å². The number of aromatic nitrogens is 1. The van der Waals surface area contributed by atoms with Gasteiger partial charge in [0.15, 0.2) is 0 Å². The fraction of sp³-hybridized carbons (Fsp3) is 0.0800. The van der Waals surface area contributed by atoms with Gasteiger partial charge in [0.2, 0.25) is 0 Å². The minimum absolute atomic E-state index is 0.0723. The first-order chi connectivity index (χ1) is 17.3. The summed E-state index contributed by atoms with van der Waals surface area (Å²) in [6.07, 6.45) is 0. The molecule has 11 heteroatoms. The van der Waals surface area contributed by atoms with E-state index in [0.717, 1.165) is 0 Å². The Kier molecular flexibility index (Phi) is 7.69. The van der Waals surface area contributed by atoms with Crippen molar-refractivity contribution >= 4 is 74.8 Å². The highest BCUT2D eigenvalue weighted by Gasteiger charge is 2.22. The van der Waals surface area contributed by atoms with Crippen LogP contribution in [0.15, 0.2) is 66.7 Å². The van der Waals surface area contributed by atoms with Crippen LogP contribution in [-0.4, -0.2) is 29.0 Å². The Morgan fingerprint density at radius 2 is 1.64 bits per heavy atom. The number of rotatable bonds is 6. The summed E-state index contributed by atoms with van der Waals surface area (Å²) < 4.78 is 6.63. The molecule has 184 valence electrons. The van der Waals surface area contributed by atoms with Gasteiger partial charge in [0, 0.05) is 16.1 Å². The molecule has 0 saturated heterocycles. The predicted molar refractivity (Wildman–Crippen MR) is 142 cm³/mol. The summed E-state index contributed by atoms with van der Waals surface area (Å²) >= 11 is 18.2. The van der Waals surface area contributed by atoms with Gasteiger partial charge >= 0.3 is 11.8 Å². The number of hydrogen-bond acceptors (Lipinski definition) is 4. The summed E-state index contributed by atoms with van der Waals surface area (Å²) in [6, 6.07) is 17.9. The summed E-state index contributed by atoms with van der Waals surface area (Å²) in [4.78, 5) is 38.5. The monoisotopic (exact) mass is 544 g/mol. The number of amides is 3. The lowest BCUT2D eigenvalue weighted by molar-refractivity contribution is -0.133. The molecule has 1 aromatic heterocycles. The molecule has 3 aromatic carbocycles. The zero-order valence-electron chi connectivity index (χ0n) is 18.8. The molecule has 0 aliphatic heterocycles. The normalized spacial score (nSPS) is 10.7. The predicted octanol–water partition coefficient (Wildman–Crippen LogP) is 5.96. The zero-order chi connectivity index (χ0) is 25.8. The first kappa shape index (κ1) is 25.4. The Labute approximate surface area is 221 Å². The van der Waals surface area contributed by atoms with E-state index in [-0.39, 0.29) is 21.4 Å². The average molecular weight is 546 g/mol. The number of halogens is 3. The number of fused-ring (bicyclic) bond motifs is 1. The number of ether oxygens (including phenoxy) is 1. The maximum absolute atomic E-state index is 13.1. The standard InChI is InChI=1S/C25H19Cl3N4O4/c1-2-36-17-9-7-16(8-10-17)29-23(33)21-13-14-12-15(26)6-11-20(14)32(21)31-25(35)24(34)30-19-5-3-4-18(27)22(19)28/h3-13H,2H2,1H3,(H,29,33)(H,30,34)(H,31,35). The molecule has 0 bridgehead atoms. The summed E-state index contributed by atoms with van der Waals surface area (Å²) in [5.74, 6) is -1.90. The molecule has 0 spiro atoms. The van der Waals surface area contributed by atoms with Crippen molar-refractivity contribution in [3.63, 3.8) is 0 Å². The average Bonchev–Trinajstić information content (AvgIpc) is 3.20. The second-order valence-electron chi connectivity index (χ2n) is 7.48. The van der Waals surface area contributed by atoms with Gasteiger partial charge < -0.3 is 15.4 Å². The topological polar surface area (TPSA) is 101 Å². The van der Waals surface area contributed by atoms with E-state index in [0.29, 0.717) is 34.0 Å². The van der Waals surface area contributed by atoms with Gasteiger partial charge in [-0.15, -0.1) is 0 Å². The molecule has 4 aromatic rings. The van der Waals surface area contributed by atoms with Gasteiger partial charge in [-0.25, -0.2) is 4.68 Å². The lowest BCUT2D eigenvalue weighted by Crippen LogP contribution is -2.36. The van der Waals surface area contributed by atoms with Crippen LogP contribution in [0.4, 0.5) is 11.4 Å². The van der Waals surface area contributed by atoms with E-state index in [1.165, 1.54) is 10.7 Å². The molecular formula is C25H19Cl3N4O4. The Bertz CT molecular complexity index is 1470. The summed E-state index contributed by atoms with van der Waals surface area (Å²) in [5.41, 5.74) is 3.67. The minimum atomic E-state index is -1.03. The largest absolute Gasteiger partial charge is 0.494 e. The fourth-order valence-corrected chi connectivity index (χ4v) is 3.93. The van der Waals surface area contributed by atoms with Gasteiger partial charge in [-0.05, 0) is 67.6 Å². The Morgan fingerprint density at radius 3 is 2.36 bits per heavy atom. The van der Waals surface area contributed by atoms with Gasteiger partial charge in [-0.3, -0.25) is 19.8 Å². The van der Waals surface area contributed by atoms with Crippen molar-refractivity contribution in [3.8, 4) is 5.75 Å². The van der Waals surface area contributed by atoms with Gasteiger partial charge in [-0.1, -0.05) is 40.9 Å². The molecule has 0 unspecified atom stereocenters. The molecular weight excluding hydrogens is 527 g/mol. The molecule has 4 rings (SSSR count). The van der Waals surface area contributed by atoms with E-state index < -0.39 is 17.7 Å². The third kappa shape index (κ3) is 5.57. The molecule has 1 heterocycles. The van der Waals surface area contributed by atoms with Crippen LogP contribution < -0.4 is 20.8 Å². The number of anilines is 2. The number of carbonyl (C=O) groups is 3. The van der Waals surface area contributed by atoms with Crippen molar-refractivity contribution in [1.29, 1.82) is 0 Å². The third-order valence-corrected chi connectivity index (χ3v) is 6.09. The molecule has 0 aliphatic rings. The summed E-state index contributed by atoms with van der Waals surface area (Å²) in [6.45, 7) is 2.39. The highest BCUT2D eigenvalue weighted by atomic mass is 35.5. The van der Waals surface area contributed by atoms with Crippen molar-refractivity contribution in [2.45, 2.75) is 6.92 Å². The number of benzene rings is 3. The van der Waals surface area contributed by atoms with E-state index in [2.05, 4.69) is 16.1 Å². The van der Waals surface area contributed by atoms with Crippen LogP contribution in [0.1, 0.15) is 17.4 Å². The van der Waals surface area contributed by atoms with E-state index >= 15 is 0 Å². The maximum atomic E-state index is 13.1. The second-order valence-corrected chi connectivity index (χ2v) is 8.70. The van der Waals surface area contributed by atoms with Gasteiger partial charge in [0.25, 0.3) is 5.91 Å². The van der Waals surface area contributed by atoms with Crippen molar-refractivity contribution in [2.75, 3.05) is 22.7 Å². The molecule has 3 N–H and O–H groups in total. The SMILES string of the molecule is CCOc1ccc(NC(=O)c2cc3cc(Cl)ccc3n2NC(=O)C(=O)Nc2cccc(Cl)c2Cl)cc1. The number of carbonyl (C=O) groups excluding carboxylic acids is 3. The molecule has 8 nitrogen and oxygen atoms in total. The first-order valence-electron chi connectivity index (χ1n) is 10.7. The minimum Gasteiger partial charge on any atom is -0.494 e. The molecule has 0 saturated carbocycles. The maximum Gasteiger partial charge on any atom is 0.328 e. The molecule has 0 fully saturated rings. The van der Waals surface area contributed by atoms with Crippen LogP contribution in [0.25, 0.3) is 10.9 Å². The summed E-state index contributed by atoms with van der Waals surface area (Å²) in [5, 5.41) is 6.51. The van der Waals surface area contributed by atoms with Crippen LogP contribution in [-0.2, 0) is 9.59 Å². The van der Waals surface area contributed by atoms with Crippen LogP contribution >= 0.6 is 34.8 Å². The highest BCUT2D eigenvalue weighted by Crippen LogP contribution is 2.29. The van der Waals surface area contributed by atoms with E-state index in [9.17, 15) is 14.4 Å². The van der Waals surface area contributed by atoms with Crippen molar-refractivity contribution < 1.29 is 19.1 Å². The lowest BCUT2D eigenvalue weighted by Gasteiger charge is -2.13. The van der Waals surface area contributed by atoms with Crippen LogP contribution in [0, 0.1) is 0 Å². The molecule has 0 atom stereocenters. The fourth-order valence-electron chi connectivity index (χ4n) is 3.40. The lowest BCUT2D eigenvalue weighted by atomic mass is 10.2. The number of nitrogens with zero attached hydrogens (tertiary/aromatic N) is 1. The molecule has 36 heavy (non-hydrogen) atoms. The summed E-state index contributed by atoms with van der Waals surface area (Å²) in [7, 11) is 0. The number of hydrogen-bond donors (Lipinski definition) is 3. The number of nitrogens with one attached hydrogen (secondary N) is 3. The van der Waals surface area contributed by atoms with Crippen molar-refractivity contribution in [1.82, 2.24) is 4.68 Å². The van der Waals surface area contributed by atoms with Gasteiger partial charge in [0.1, 0.15) is 11.4 Å². The van der Waals surface area contributed by atoms with Gasteiger partial charge in [0.05, 0.1) is 27.9 Å². The quantitative estimate of drug-likeness (QED) is 0.260. The van der Waals surface area contributed by atoms with Crippen LogP contribution in [0.5, 0.6) is 5.75 Å². The molecule has 0 aliphatic carbocycles. The first-order valence-corrected chi connectivity index (χ1v) is 11.8. The van der Waals surface area contributed by atoms with E-state index in [1.807, 2.05) is 6.92 Å². The van der Waals surface area contributed by atoms with E-state index in [4.69, 9.17) is 39.5 Å². The Hall–Kier alpha value is -3.72. The zero-order valence-corrected chi connectivity index (χ0v) is 21.0. The second kappa shape index (κ2) is 10.9. The highest BCUT2D eigenvalue weighted by molar-refractivity contribution is 6.46. The third-order valence-electron chi connectivity index (χ3n) is 5.04. The van der Waals surface area contributed by atoms with E-state index in [1.54, 1.807) is 60.7 Å².